The number of nitrogens with zero attached hydrogens (tertiary/aromatic N) is 4. The van der Waals surface area contributed by atoms with Crippen LogP contribution < -0.4 is 0 Å². The van der Waals surface area contributed by atoms with Crippen LogP contribution in [0.4, 0.5) is 0 Å². The molecule has 0 amide bonds. The minimum atomic E-state index is 0.617. The molecule has 0 atom stereocenters. The molecule has 5 heteroatoms. The van der Waals surface area contributed by atoms with Crippen molar-refractivity contribution in [3.8, 4) is 89.8 Å². The fraction of sp³-hybridized carbons (Fsp3) is 0.0345. The minimum Gasteiger partial charge on any atom is -0.258 e. The van der Waals surface area contributed by atoms with Crippen molar-refractivity contribution in [2.45, 2.75) is 13.8 Å². The number of pyridine rings is 1. The van der Waals surface area contributed by atoms with Crippen LogP contribution in [0.3, 0.4) is 0 Å². The standard InChI is InChI=1S/C58H40N4S/c1-37-22-32-48(38(2)59-37)42-23-27-44(28-24-42)56-60-57(62-58(61-56)46-31-33-50-49-20-12-13-21-53(49)63-54(50)36-46)45-29-25-43(26-30-45)55-51(40-16-8-4-9-17-40)34-47(39-14-6-3-7-15-39)35-52(55)41-18-10-5-11-19-41/h3-36H,1-2H3. The van der Waals surface area contributed by atoms with Crippen molar-refractivity contribution in [1.29, 1.82) is 0 Å². The number of aryl methyl sites for hydroxylation is 2. The molecular weight excluding hydrogens is 785 g/mol. The van der Waals surface area contributed by atoms with Gasteiger partial charge in [0, 0.05) is 53.8 Å². The van der Waals surface area contributed by atoms with Crippen LogP contribution in [0.1, 0.15) is 11.4 Å². The normalized spacial score (nSPS) is 11.3. The Morgan fingerprint density at radius 2 is 0.762 bits per heavy atom. The molecule has 0 bridgehead atoms. The monoisotopic (exact) mass is 824 g/mol. The second kappa shape index (κ2) is 16.2. The highest BCUT2D eigenvalue weighted by molar-refractivity contribution is 7.25. The minimum absolute atomic E-state index is 0.617. The van der Waals surface area contributed by atoms with Gasteiger partial charge in [0.25, 0.3) is 0 Å². The zero-order chi connectivity index (χ0) is 42.3. The smallest absolute Gasteiger partial charge is 0.164 e. The number of hydrogen-bond donors (Lipinski definition) is 0. The van der Waals surface area contributed by atoms with E-state index in [1.165, 1.54) is 48.0 Å². The van der Waals surface area contributed by atoms with Gasteiger partial charge in [-0.15, -0.1) is 11.3 Å². The zero-order valence-electron chi connectivity index (χ0n) is 34.8. The molecule has 0 aliphatic heterocycles. The van der Waals surface area contributed by atoms with Crippen LogP contribution in [0.25, 0.3) is 110 Å². The molecule has 0 saturated carbocycles. The number of aromatic nitrogens is 4. The topological polar surface area (TPSA) is 51.6 Å². The highest BCUT2D eigenvalue weighted by Crippen LogP contribution is 2.44. The van der Waals surface area contributed by atoms with Gasteiger partial charge in [0.2, 0.25) is 0 Å². The van der Waals surface area contributed by atoms with Crippen LogP contribution >= 0.6 is 11.3 Å². The third-order valence-electron chi connectivity index (χ3n) is 11.8. The third kappa shape index (κ3) is 7.39. The number of thiophene rings is 1. The molecule has 0 aliphatic rings. The van der Waals surface area contributed by atoms with Crippen LogP contribution in [0.2, 0.25) is 0 Å². The van der Waals surface area contributed by atoms with E-state index in [2.05, 4.69) is 213 Å². The van der Waals surface area contributed by atoms with E-state index in [0.717, 1.165) is 55.9 Å². The predicted octanol–water partition coefficient (Wildman–Crippen LogP) is 15.6. The largest absolute Gasteiger partial charge is 0.258 e. The second-order valence-electron chi connectivity index (χ2n) is 15.9. The Morgan fingerprint density at radius 3 is 1.35 bits per heavy atom. The van der Waals surface area contributed by atoms with Crippen LogP contribution in [0, 0.1) is 13.8 Å². The first-order valence-electron chi connectivity index (χ1n) is 21.2. The summed E-state index contributed by atoms with van der Waals surface area (Å²) in [6, 6.07) is 73.2. The zero-order valence-corrected chi connectivity index (χ0v) is 35.6. The number of hydrogen-bond acceptors (Lipinski definition) is 5. The first-order valence-corrected chi connectivity index (χ1v) is 22.0. The van der Waals surface area contributed by atoms with Crippen molar-refractivity contribution in [2.75, 3.05) is 0 Å². The molecule has 0 unspecified atom stereocenters. The second-order valence-corrected chi connectivity index (χ2v) is 17.0. The lowest BCUT2D eigenvalue weighted by Gasteiger charge is -2.19. The van der Waals surface area contributed by atoms with E-state index >= 15 is 0 Å². The van der Waals surface area contributed by atoms with Crippen molar-refractivity contribution in [2.24, 2.45) is 0 Å². The summed E-state index contributed by atoms with van der Waals surface area (Å²) in [4.78, 5) is 20.2. The summed E-state index contributed by atoms with van der Waals surface area (Å²) >= 11 is 1.79. The fourth-order valence-electron chi connectivity index (χ4n) is 8.65. The molecule has 3 aromatic heterocycles. The molecule has 63 heavy (non-hydrogen) atoms. The predicted molar refractivity (Wildman–Crippen MR) is 263 cm³/mol. The van der Waals surface area contributed by atoms with Gasteiger partial charge in [0.1, 0.15) is 0 Å². The van der Waals surface area contributed by atoms with Gasteiger partial charge in [-0.25, -0.2) is 15.0 Å². The van der Waals surface area contributed by atoms with Crippen LogP contribution in [0.5, 0.6) is 0 Å². The molecule has 0 fully saturated rings. The quantitative estimate of drug-likeness (QED) is 0.153. The van der Waals surface area contributed by atoms with E-state index in [0.29, 0.717) is 17.5 Å². The number of benzene rings is 8. The third-order valence-corrected chi connectivity index (χ3v) is 12.9. The molecule has 4 nitrogen and oxygen atoms in total. The first-order chi connectivity index (χ1) is 31.0. The van der Waals surface area contributed by atoms with Gasteiger partial charge < -0.3 is 0 Å². The van der Waals surface area contributed by atoms with E-state index in [9.17, 15) is 0 Å². The van der Waals surface area contributed by atoms with Crippen molar-refractivity contribution >= 4 is 31.5 Å². The molecule has 0 saturated heterocycles. The summed E-state index contributed by atoms with van der Waals surface area (Å²) in [5.74, 6) is 1.87. The lowest BCUT2D eigenvalue weighted by molar-refractivity contribution is 1.07. The molecule has 11 rings (SSSR count). The molecular formula is C58H40N4S. The van der Waals surface area contributed by atoms with E-state index in [-0.39, 0.29) is 0 Å². The van der Waals surface area contributed by atoms with Crippen LogP contribution in [-0.4, -0.2) is 19.9 Å². The van der Waals surface area contributed by atoms with E-state index in [4.69, 9.17) is 19.9 Å². The molecule has 298 valence electrons. The Morgan fingerprint density at radius 1 is 0.302 bits per heavy atom. The maximum absolute atomic E-state index is 5.20. The molecule has 0 N–H and O–H groups in total. The SMILES string of the molecule is Cc1ccc(-c2ccc(-c3nc(-c4ccc(-c5c(-c6ccccc6)cc(-c6ccccc6)cc5-c5ccccc5)cc4)nc(-c4ccc5c(c4)sc4ccccc45)n3)cc2)c(C)n1. The lowest BCUT2D eigenvalue weighted by atomic mass is 9.84. The van der Waals surface area contributed by atoms with E-state index in [1.54, 1.807) is 11.3 Å². The molecule has 0 aliphatic carbocycles. The van der Waals surface area contributed by atoms with Crippen LogP contribution in [-0.2, 0) is 0 Å². The van der Waals surface area contributed by atoms with Gasteiger partial charge in [0.15, 0.2) is 17.5 Å². The number of rotatable bonds is 8. The number of fused-ring (bicyclic) bond motifs is 3. The highest BCUT2D eigenvalue weighted by atomic mass is 32.1. The Balaban J connectivity index is 1.05. The van der Waals surface area contributed by atoms with Gasteiger partial charge >= 0.3 is 0 Å². The Bertz CT molecular complexity index is 3370. The maximum atomic E-state index is 5.20. The van der Waals surface area contributed by atoms with E-state index in [1.807, 2.05) is 6.92 Å². The van der Waals surface area contributed by atoms with Gasteiger partial charge in [-0.05, 0) is 94.3 Å². The van der Waals surface area contributed by atoms with Gasteiger partial charge in [-0.1, -0.05) is 176 Å². The van der Waals surface area contributed by atoms with Crippen LogP contribution in [0.15, 0.2) is 206 Å². The molecule has 11 aromatic rings. The average molecular weight is 825 g/mol. The first kappa shape index (κ1) is 38.1. The Labute approximate surface area is 371 Å². The van der Waals surface area contributed by atoms with Crippen molar-refractivity contribution < 1.29 is 0 Å². The fourth-order valence-corrected chi connectivity index (χ4v) is 9.79. The Hall–Kier alpha value is -7.86. The van der Waals surface area contributed by atoms with Gasteiger partial charge in [-0.2, -0.15) is 0 Å². The van der Waals surface area contributed by atoms with Crippen molar-refractivity contribution in [3.05, 3.63) is 218 Å². The summed E-state index contributed by atoms with van der Waals surface area (Å²) in [7, 11) is 0. The molecule has 3 heterocycles. The highest BCUT2D eigenvalue weighted by Gasteiger charge is 2.19. The average Bonchev–Trinajstić information content (AvgIpc) is 3.72. The lowest BCUT2D eigenvalue weighted by Crippen LogP contribution is -2.00. The summed E-state index contributed by atoms with van der Waals surface area (Å²) in [6.45, 7) is 4.08. The maximum Gasteiger partial charge on any atom is 0.164 e. The summed E-state index contributed by atoms with van der Waals surface area (Å²) in [5.41, 5.74) is 16.3. The molecule has 0 radical (unpaired) electrons. The van der Waals surface area contributed by atoms with Crippen molar-refractivity contribution in [1.82, 2.24) is 19.9 Å². The molecule has 8 aromatic carbocycles. The van der Waals surface area contributed by atoms with E-state index < -0.39 is 0 Å². The summed E-state index contributed by atoms with van der Waals surface area (Å²) in [5, 5.41) is 2.50. The van der Waals surface area contributed by atoms with Crippen molar-refractivity contribution in [3.63, 3.8) is 0 Å². The summed E-state index contributed by atoms with van der Waals surface area (Å²) in [6.07, 6.45) is 0. The summed E-state index contributed by atoms with van der Waals surface area (Å²) < 4.78 is 2.47. The van der Waals surface area contributed by atoms with Gasteiger partial charge in [-0.3, -0.25) is 4.98 Å². The Kier molecular flexibility index (Phi) is 9.80. The molecule has 0 spiro atoms. The van der Waals surface area contributed by atoms with Gasteiger partial charge in [0.05, 0.1) is 0 Å².